The normalized spacial score (nSPS) is 10.1. The van der Waals surface area contributed by atoms with E-state index < -0.39 is 0 Å². The van der Waals surface area contributed by atoms with Crippen LogP contribution in [0, 0.1) is 0 Å². The number of Topliss-reactive ketones (excluding diaryl/α,β-unsaturated/α-hetero) is 1. The fraction of sp³-hybridized carbons (Fsp3) is 0.167. The van der Waals surface area contributed by atoms with Crippen LogP contribution in [0.1, 0.15) is 6.92 Å². The molecule has 0 radical (unpaired) electrons. The molecular formula is C12H12N2O2. The topological polar surface area (TPSA) is 44.1 Å². The first-order chi connectivity index (χ1) is 7.75. The molecule has 0 spiro atoms. The van der Waals surface area contributed by atoms with Crippen LogP contribution in [-0.2, 0) is 4.79 Å². The van der Waals surface area contributed by atoms with Crippen LogP contribution in [0.2, 0.25) is 0 Å². The van der Waals surface area contributed by atoms with Gasteiger partial charge in [-0.25, -0.2) is 4.68 Å². The molecule has 4 nitrogen and oxygen atoms in total. The predicted molar refractivity (Wildman–Crippen MR) is 59.7 cm³/mol. The number of hydrogen-bond acceptors (Lipinski definition) is 3. The maximum atomic E-state index is 10.7. The average Bonchev–Trinajstić information content (AvgIpc) is 2.76. The zero-order valence-electron chi connectivity index (χ0n) is 8.96. The number of benzene rings is 1. The molecule has 0 aliphatic rings. The molecule has 1 heterocycles. The molecule has 0 unspecified atom stereocenters. The van der Waals surface area contributed by atoms with Gasteiger partial charge in [0, 0.05) is 12.3 Å². The molecule has 16 heavy (non-hydrogen) atoms. The van der Waals surface area contributed by atoms with Gasteiger partial charge in [0.25, 0.3) is 0 Å². The van der Waals surface area contributed by atoms with Crippen LogP contribution in [0.15, 0.2) is 42.6 Å². The Balaban J connectivity index is 2.11. The van der Waals surface area contributed by atoms with Crippen molar-refractivity contribution >= 4 is 5.78 Å². The summed E-state index contributed by atoms with van der Waals surface area (Å²) in [6.45, 7) is 1.54. The second kappa shape index (κ2) is 4.61. The lowest BCUT2D eigenvalue weighted by Crippen LogP contribution is -2.07. The second-order valence-corrected chi connectivity index (χ2v) is 3.42. The Kier molecular flexibility index (Phi) is 3.00. The maximum absolute atomic E-state index is 10.7. The van der Waals surface area contributed by atoms with Gasteiger partial charge in [0.05, 0.1) is 5.69 Å². The Hall–Kier alpha value is -2.10. The molecule has 0 saturated carbocycles. The zero-order chi connectivity index (χ0) is 11.4. The molecule has 0 saturated heterocycles. The van der Waals surface area contributed by atoms with E-state index in [-0.39, 0.29) is 12.4 Å². The van der Waals surface area contributed by atoms with Crippen molar-refractivity contribution in [3.05, 3.63) is 42.6 Å². The van der Waals surface area contributed by atoms with E-state index in [1.807, 2.05) is 30.3 Å². The minimum Gasteiger partial charge on any atom is -0.469 e. The van der Waals surface area contributed by atoms with E-state index in [1.165, 1.54) is 6.92 Å². The SMILES string of the molecule is CC(=O)COc1ccn(-c2ccccc2)n1. The highest BCUT2D eigenvalue weighted by Crippen LogP contribution is 2.11. The summed E-state index contributed by atoms with van der Waals surface area (Å²) in [5, 5.41) is 4.19. The zero-order valence-corrected chi connectivity index (χ0v) is 8.96. The summed E-state index contributed by atoms with van der Waals surface area (Å²) in [6.07, 6.45) is 1.80. The van der Waals surface area contributed by atoms with Gasteiger partial charge in [-0.2, -0.15) is 0 Å². The Morgan fingerprint density at radius 2 is 2.06 bits per heavy atom. The number of nitrogens with zero attached hydrogens (tertiary/aromatic N) is 2. The molecule has 0 N–H and O–H groups in total. The number of ether oxygens (including phenoxy) is 1. The first kappa shape index (κ1) is 10.4. The van der Waals surface area contributed by atoms with Gasteiger partial charge in [-0.1, -0.05) is 18.2 Å². The first-order valence-electron chi connectivity index (χ1n) is 4.99. The van der Waals surface area contributed by atoms with Crippen LogP contribution >= 0.6 is 0 Å². The minimum atomic E-state index is -0.0192. The molecule has 0 fully saturated rings. The number of ketones is 1. The molecule has 4 heteroatoms. The number of aromatic nitrogens is 2. The lowest BCUT2D eigenvalue weighted by Gasteiger charge is -2.00. The molecule has 1 aromatic carbocycles. The monoisotopic (exact) mass is 216 g/mol. The van der Waals surface area contributed by atoms with Gasteiger partial charge >= 0.3 is 0 Å². The average molecular weight is 216 g/mol. The smallest absolute Gasteiger partial charge is 0.233 e. The van der Waals surface area contributed by atoms with Crippen molar-refractivity contribution in [3.8, 4) is 11.6 Å². The third-order valence-electron chi connectivity index (χ3n) is 2.01. The lowest BCUT2D eigenvalue weighted by atomic mass is 10.3. The van der Waals surface area contributed by atoms with Crippen LogP contribution in [0.4, 0.5) is 0 Å². The number of rotatable bonds is 4. The molecule has 1 aromatic heterocycles. The highest BCUT2D eigenvalue weighted by Gasteiger charge is 2.02. The minimum absolute atomic E-state index is 0.0192. The van der Waals surface area contributed by atoms with E-state index in [0.29, 0.717) is 5.88 Å². The molecular weight excluding hydrogens is 204 g/mol. The second-order valence-electron chi connectivity index (χ2n) is 3.42. The Morgan fingerprint density at radius 3 is 2.75 bits per heavy atom. The van der Waals surface area contributed by atoms with Crippen molar-refractivity contribution < 1.29 is 9.53 Å². The van der Waals surface area contributed by atoms with Crippen molar-refractivity contribution in [2.75, 3.05) is 6.61 Å². The number of carbonyl (C=O) groups excluding carboxylic acids is 1. The van der Waals surface area contributed by atoms with Crippen LogP contribution in [0.3, 0.4) is 0 Å². The van der Waals surface area contributed by atoms with Gasteiger partial charge in [-0.3, -0.25) is 4.79 Å². The van der Waals surface area contributed by atoms with E-state index in [2.05, 4.69) is 5.10 Å². The third kappa shape index (κ3) is 2.48. The lowest BCUT2D eigenvalue weighted by molar-refractivity contribution is -0.119. The molecule has 0 amide bonds. The van der Waals surface area contributed by atoms with Gasteiger partial charge in [0.15, 0.2) is 5.78 Å². The van der Waals surface area contributed by atoms with Gasteiger partial charge in [-0.05, 0) is 19.1 Å². The third-order valence-corrected chi connectivity index (χ3v) is 2.01. The van der Waals surface area contributed by atoms with E-state index in [9.17, 15) is 4.79 Å². The van der Waals surface area contributed by atoms with Gasteiger partial charge in [-0.15, -0.1) is 5.10 Å². The first-order valence-corrected chi connectivity index (χ1v) is 4.99. The van der Waals surface area contributed by atoms with E-state index >= 15 is 0 Å². The van der Waals surface area contributed by atoms with Gasteiger partial charge in [0.2, 0.25) is 5.88 Å². The van der Waals surface area contributed by atoms with Crippen LogP contribution in [-0.4, -0.2) is 22.2 Å². The summed E-state index contributed by atoms with van der Waals surface area (Å²) in [4.78, 5) is 10.7. The summed E-state index contributed by atoms with van der Waals surface area (Å²) in [5.74, 6) is 0.438. The molecule has 2 aromatic rings. The number of hydrogen-bond donors (Lipinski definition) is 0. The number of para-hydroxylation sites is 1. The predicted octanol–water partition coefficient (Wildman–Crippen LogP) is 1.84. The molecule has 2 rings (SSSR count). The Labute approximate surface area is 93.5 Å². The van der Waals surface area contributed by atoms with Crippen LogP contribution in [0.25, 0.3) is 5.69 Å². The van der Waals surface area contributed by atoms with Crippen molar-refractivity contribution in [1.82, 2.24) is 9.78 Å². The fourth-order valence-corrected chi connectivity index (χ4v) is 1.28. The fourth-order valence-electron chi connectivity index (χ4n) is 1.28. The Bertz CT molecular complexity index is 477. The Morgan fingerprint density at radius 1 is 1.31 bits per heavy atom. The highest BCUT2D eigenvalue weighted by molar-refractivity contribution is 5.76. The van der Waals surface area contributed by atoms with Crippen LogP contribution in [0.5, 0.6) is 5.88 Å². The standard InChI is InChI=1S/C12H12N2O2/c1-10(15)9-16-12-7-8-14(13-12)11-5-3-2-4-6-11/h2-8H,9H2,1H3. The van der Waals surface area contributed by atoms with E-state index in [4.69, 9.17) is 4.74 Å². The van der Waals surface area contributed by atoms with Crippen LogP contribution < -0.4 is 4.74 Å². The highest BCUT2D eigenvalue weighted by atomic mass is 16.5. The maximum Gasteiger partial charge on any atom is 0.233 e. The van der Waals surface area contributed by atoms with Crippen molar-refractivity contribution in [3.63, 3.8) is 0 Å². The van der Waals surface area contributed by atoms with E-state index in [1.54, 1.807) is 16.9 Å². The summed E-state index contributed by atoms with van der Waals surface area (Å²) < 4.78 is 6.89. The van der Waals surface area contributed by atoms with Crippen molar-refractivity contribution in [1.29, 1.82) is 0 Å². The molecule has 0 aliphatic heterocycles. The van der Waals surface area contributed by atoms with Crippen molar-refractivity contribution in [2.45, 2.75) is 6.92 Å². The van der Waals surface area contributed by atoms with Crippen molar-refractivity contribution in [2.24, 2.45) is 0 Å². The molecule has 0 atom stereocenters. The molecule has 0 bridgehead atoms. The number of carbonyl (C=O) groups is 1. The summed E-state index contributed by atoms with van der Waals surface area (Å²) >= 11 is 0. The largest absolute Gasteiger partial charge is 0.469 e. The van der Waals surface area contributed by atoms with Gasteiger partial charge < -0.3 is 4.74 Å². The summed E-state index contributed by atoms with van der Waals surface area (Å²) in [6, 6.07) is 11.4. The quantitative estimate of drug-likeness (QED) is 0.783. The van der Waals surface area contributed by atoms with Gasteiger partial charge in [0.1, 0.15) is 6.61 Å². The molecule has 82 valence electrons. The summed E-state index contributed by atoms with van der Waals surface area (Å²) in [5.41, 5.74) is 0.958. The van der Waals surface area contributed by atoms with E-state index in [0.717, 1.165) is 5.69 Å². The molecule has 0 aliphatic carbocycles. The summed E-state index contributed by atoms with van der Waals surface area (Å²) in [7, 11) is 0.